The Morgan fingerprint density at radius 3 is 2.50 bits per heavy atom. The van der Waals surface area contributed by atoms with Crippen LogP contribution in [0.2, 0.25) is 0 Å². The number of carbonyl (C=O) groups excluding carboxylic acids is 1. The molecule has 0 atom stereocenters. The molecule has 1 N–H and O–H groups in total. The second-order valence-corrected chi connectivity index (χ2v) is 9.01. The Balaban J connectivity index is 1.42. The fourth-order valence-corrected chi connectivity index (χ4v) is 4.19. The second-order valence-electron chi connectivity index (χ2n) is 9.01. The lowest BCUT2D eigenvalue weighted by molar-refractivity contribution is -0.111. The number of aryl methyl sites for hydroxylation is 1. The molecular weight excluding hydrogens is 424 g/mol. The minimum absolute atomic E-state index is 0.135. The van der Waals surface area contributed by atoms with E-state index in [1.54, 1.807) is 12.2 Å². The molecule has 0 saturated carbocycles. The van der Waals surface area contributed by atoms with Crippen LogP contribution in [0.15, 0.2) is 54.6 Å². The maximum atomic E-state index is 12.5. The Morgan fingerprint density at radius 1 is 1.09 bits per heavy atom. The van der Waals surface area contributed by atoms with Crippen molar-refractivity contribution >= 4 is 34.4 Å². The highest BCUT2D eigenvalue weighted by Gasteiger charge is 2.17. The minimum Gasteiger partial charge on any atom is -0.491 e. The van der Waals surface area contributed by atoms with Gasteiger partial charge < -0.3 is 19.9 Å². The molecule has 3 aromatic rings. The molecule has 178 valence electrons. The van der Waals surface area contributed by atoms with Crippen molar-refractivity contribution in [1.29, 1.82) is 0 Å². The number of nitrogens with zero attached hydrogens (tertiary/aromatic N) is 3. The number of rotatable bonds is 7. The van der Waals surface area contributed by atoms with Crippen LogP contribution < -0.4 is 15.0 Å². The number of amides is 1. The van der Waals surface area contributed by atoms with Crippen molar-refractivity contribution in [3.05, 3.63) is 65.7 Å². The average Bonchev–Trinajstić information content (AvgIpc) is 2.83. The molecule has 1 aromatic heterocycles. The SMILES string of the molecule is CCN1CCN(c2cc(C)c3cc(NC(=O)/C=C/c4ccc(OC(C)C)cc4)ccc3n2)CC1. The van der Waals surface area contributed by atoms with E-state index in [0.717, 1.165) is 72.0 Å². The van der Waals surface area contributed by atoms with Crippen LogP contribution in [0.5, 0.6) is 5.75 Å². The lowest BCUT2D eigenvalue weighted by Gasteiger charge is -2.35. The molecule has 1 fully saturated rings. The molecule has 6 heteroatoms. The van der Waals surface area contributed by atoms with Crippen molar-refractivity contribution in [2.45, 2.75) is 33.8 Å². The number of ether oxygens (including phenoxy) is 1. The van der Waals surface area contributed by atoms with E-state index < -0.39 is 0 Å². The summed E-state index contributed by atoms with van der Waals surface area (Å²) in [6.07, 6.45) is 3.48. The predicted octanol–water partition coefficient (Wildman–Crippen LogP) is 5.12. The van der Waals surface area contributed by atoms with Crippen LogP contribution in [0.4, 0.5) is 11.5 Å². The zero-order valence-electron chi connectivity index (χ0n) is 20.5. The first kappa shape index (κ1) is 23.8. The van der Waals surface area contributed by atoms with E-state index in [1.165, 1.54) is 0 Å². The van der Waals surface area contributed by atoms with Gasteiger partial charge in [-0.2, -0.15) is 0 Å². The molecule has 0 radical (unpaired) electrons. The Kier molecular flexibility index (Phi) is 7.48. The van der Waals surface area contributed by atoms with Gasteiger partial charge in [0.2, 0.25) is 5.91 Å². The predicted molar refractivity (Wildman–Crippen MR) is 141 cm³/mol. The lowest BCUT2D eigenvalue weighted by Crippen LogP contribution is -2.46. The minimum atomic E-state index is -0.169. The van der Waals surface area contributed by atoms with Crippen LogP contribution in [-0.4, -0.2) is 54.6 Å². The molecule has 1 aliphatic rings. The Morgan fingerprint density at radius 2 is 1.82 bits per heavy atom. The first-order chi connectivity index (χ1) is 16.4. The van der Waals surface area contributed by atoms with E-state index in [2.05, 4.69) is 35.0 Å². The van der Waals surface area contributed by atoms with Crippen LogP contribution >= 0.6 is 0 Å². The Hall–Kier alpha value is -3.38. The number of benzene rings is 2. The molecule has 0 spiro atoms. The first-order valence-corrected chi connectivity index (χ1v) is 12.1. The second kappa shape index (κ2) is 10.7. The van der Waals surface area contributed by atoms with Gasteiger partial charge in [0.05, 0.1) is 11.6 Å². The third-order valence-corrected chi connectivity index (χ3v) is 6.09. The fraction of sp³-hybridized carbons (Fsp3) is 0.357. The van der Waals surface area contributed by atoms with Crippen molar-refractivity contribution in [1.82, 2.24) is 9.88 Å². The molecule has 4 rings (SSSR count). The van der Waals surface area contributed by atoms with Crippen LogP contribution in [0.1, 0.15) is 31.9 Å². The number of piperazine rings is 1. The maximum Gasteiger partial charge on any atom is 0.248 e. The van der Waals surface area contributed by atoms with Crippen LogP contribution in [0.3, 0.4) is 0 Å². The van der Waals surface area contributed by atoms with Crippen molar-refractivity contribution in [2.24, 2.45) is 0 Å². The molecule has 1 aliphatic heterocycles. The molecule has 34 heavy (non-hydrogen) atoms. The van der Waals surface area contributed by atoms with E-state index in [1.807, 2.05) is 56.3 Å². The summed E-state index contributed by atoms with van der Waals surface area (Å²) in [5, 5.41) is 4.02. The van der Waals surface area contributed by atoms with Gasteiger partial charge in [-0.15, -0.1) is 0 Å². The van der Waals surface area contributed by atoms with Crippen molar-refractivity contribution in [3.63, 3.8) is 0 Å². The van der Waals surface area contributed by atoms with Gasteiger partial charge in [0.25, 0.3) is 0 Å². The quantitative estimate of drug-likeness (QED) is 0.498. The number of pyridine rings is 1. The first-order valence-electron chi connectivity index (χ1n) is 12.1. The topological polar surface area (TPSA) is 57.7 Å². The van der Waals surface area contributed by atoms with Crippen molar-refractivity contribution in [3.8, 4) is 5.75 Å². The van der Waals surface area contributed by atoms with Crippen LogP contribution in [0.25, 0.3) is 17.0 Å². The summed E-state index contributed by atoms with van der Waals surface area (Å²) < 4.78 is 5.66. The van der Waals surface area contributed by atoms with Gasteiger partial charge in [-0.1, -0.05) is 19.1 Å². The van der Waals surface area contributed by atoms with Gasteiger partial charge in [0, 0.05) is 43.3 Å². The van der Waals surface area contributed by atoms with E-state index in [9.17, 15) is 4.79 Å². The molecule has 0 bridgehead atoms. The van der Waals surface area contributed by atoms with Crippen molar-refractivity contribution in [2.75, 3.05) is 42.9 Å². The molecule has 2 aromatic carbocycles. The number of nitrogens with one attached hydrogen (secondary N) is 1. The fourth-order valence-electron chi connectivity index (χ4n) is 4.19. The number of hydrogen-bond donors (Lipinski definition) is 1. The Labute approximate surface area is 202 Å². The number of hydrogen-bond acceptors (Lipinski definition) is 5. The van der Waals surface area contributed by atoms with E-state index in [0.29, 0.717) is 0 Å². The van der Waals surface area contributed by atoms with E-state index in [4.69, 9.17) is 9.72 Å². The van der Waals surface area contributed by atoms with Gasteiger partial charge in [0.1, 0.15) is 11.6 Å². The highest BCUT2D eigenvalue weighted by molar-refractivity contribution is 6.03. The van der Waals surface area contributed by atoms with Gasteiger partial charge in [-0.25, -0.2) is 4.98 Å². The highest BCUT2D eigenvalue weighted by atomic mass is 16.5. The zero-order valence-corrected chi connectivity index (χ0v) is 20.5. The van der Waals surface area contributed by atoms with Crippen molar-refractivity contribution < 1.29 is 9.53 Å². The third-order valence-electron chi connectivity index (χ3n) is 6.09. The van der Waals surface area contributed by atoms with Gasteiger partial charge in [-0.05, 0) is 80.9 Å². The summed E-state index contributed by atoms with van der Waals surface area (Å²) >= 11 is 0. The number of aromatic nitrogens is 1. The average molecular weight is 459 g/mol. The summed E-state index contributed by atoms with van der Waals surface area (Å²) in [4.78, 5) is 22.2. The molecule has 1 saturated heterocycles. The summed E-state index contributed by atoms with van der Waals surface area (Å²) in [6.45, 7) is 13.6. The third kappa shape index (κ3) is 5.94. The molecule has 2 heterocycles. The van der Waals surface area contributed by atoms with Gasteiger partial charge in [0.15, 0.2) is 0 Å². The molecule has 6 nitrogen and oxygen atoms in total. The van der Waals surface area contributed by atoms with E-state index in [-0.39, 0.29) is 12.0 Å². The number of likely N-dealkylation sites (N-methyl/N-ethyl adjacent to an activating group) is 1. The van der Waals surface area contributed by atoms with E-state index >= 15 is 0 Å². The summed E-state index contributed by atoms with van der Waals surface area (Å²) in [5.41, 5.74) is 3.81. The monoisotopic (exact) mass is 458 g/mol. The molecule has 0 aliphatic carbocycles. The highest BCUT2D eigenvalue weighted by Crippen LogP contribution is 2.26. The van der Waals surface area contributed by atoms with Gasteiger partial charge in [-0.3, -0.25) is 4.79 Å². The molecular formula is C28H34N4O2. The normalized spacial score (nSPS) is 14.8. The molecule has 0 unspecified atom stereocenters. The molecule has 1 amide bonds. The standard InChI is InChI=1S/C28H34N4O2/c1-5-31-14-16-32(17-15-31)27-18-21(4)25-19-23(9-12-26(25)30-27)29-28(33)13-8-22-6-10-24(11-7-22)34-20(2)3/h6-13,18-20H,5,14-17H2,1-4H3,(H,29,33)/b13-8+. The maximum absolute atomic E-state index is 12.5. The smallest absolute Gasteiger partial charge is 0.248 e. The summed E-state index contributed by atoms with van der Waals surface area (Å²) in [5.74, 6) is 1.69. The van der Waals surface area contributed by atoms with Gasteiger partial charge >= 0.3 is 0 Å². The number of anilines is 2. The zero-order chi connectivity index (χ0) is 24.1. The van der Waals surface area contributed by atoms with Crippen LogP contribution in [0, 0.1) is 6.92 Å². The number of fused-ring (bicyclic) bond motifs is 1. The lowest BCUT2D eigenvalue weighted by atomic mass is 10.1. The summed E-state index contributed by atoms with van der Waals surface area (Å²) in [7, 11) is 0. The largest absolute Gasteiger partial charge is 0.491 e. The summed E-state index contributed by atoms with van der Waals surface area (Å²) in [6, 6.07) is 15.8. The number of carbonyl (C=O) groups is 1. The van der Waals surface area contributed by atoms with Crippen LogP contribution in [-0.2, 0) is 4.79 Å². The Bertz CT molecular complexity index is 1160.